The zero-order chi connectivity index (χ0) is 17.3. The van der Waals surface area contributed by atoms with Gasteiger partial charge in [-0.25, -0.2) is 4.79 Å². The Balaban J connectivity index is 1.69. The van der Waals surface area contributed by atoms with Crippen molar-refractivity contribution in [2.24, 2.45) is 0 Å². The molecule has 1 aromatic carbocycles. The van der Waals surface area contributed by atoms with E-state index in [0.29, 0.717) is 5.56 Å². The van der Waals surface area contributed by atoms with Crippen molar-refractivity contribution in [1.82, 2.24) is 5.16 Å². The van der Waals surface area contributed by atoms with E-state index in [4.69, 9.17) is 5.11 Å². The summed E-state index contributed by atoms with van der Waals surface area (Å²) in [5, 5.41) is 14.3. The van der Waals surface area contributed by atoms with Crippen molar-refractivity contribution in [3.05, 3.63) is 41.6 Å². The molecule has 2 aromatic rings. The molecule has 8 nitrogen and oxygen atoms in total. The molecule has 0 aliphatic carbocycles. The van der Waals surface area contributed by atoms with Gasteiger partial charge in [-0.05, 0) is 23.8 Å². The molecule has 0 saturated carbocycles. The number of amides is 1. The van der Waals surface area contributed by atoms with Crippen molar-refractivity contribution in [3.63, 3.8) is 0 Å². The van der Waals surface area contributed by atoms with Crippen molar-refractivity contribution in [2.45, 2.75) is 6.29 Å². The summed E-state index contributed by atoms with van der Waals surface area (Å²) in [5.74, 6) is -2.60. The van der Waals surface area contributed by atoms with Gasteiger partial charge in [0.1, 0.15) is 5.56 Å². The number of ether oxygens (including phenoxy) is 2. The SMILES string of the molecule is O=C(/C=C/c1ccc2c(c1)OC(F)(F)O2)Nc1oncc1C(=O)O. The first-order valence-electron chi connectivity index (χ1n) is 6.41. The van der Waals surface area contributed by atoms with Crippen LogP contribution < -0.4 is 14.8 Å². The molecule has 0 fully saturated rings. The van der Waals surface area contributed by atoms with E-state index in [1.807, 2.05) is 0 Å². The number of aromatic carboxylic acids is 1. The first kappa shape index (κ1) is 15.5. The number of halogens is 2. The van der Waals surface area contributed by atoms with Crippen molar-refractivity contribution in [3.8, 4) is 11.5 Å². The number of hydrogen-bond acceptors (Lipinski definition) is 6. The van der Waals surface area contributed by atoms with E-state index >= 15 is 0 Å². The van der Waals surface area contributed by atoms with Crippen LogP contribution in [0.25, 0.3) is 6.08 Å². The summed E-state index contributed by atoms with van der Waals surface area (Å²) in [4.78, 5) is 22.6. The standard InChI is InChI=1S/C14H8F2N2O6/c15-14(16)22-9-3-1-7(5-10(9)23-14)2-4-11(19)18-12-8(13(20)21)6-17-24-12/h1-6H,(H,18,19)(H,20,21)/b4-2+. The van der Waals surface area contributed by atoms with Crippen LogP contribution in [0.3, 0.4) is 0 Å². The third kappa shape index (κ3) is 3.16. The second kappa shape index (κ2) is 5.65. The summed E-state index contributed by atoms with van der Waals surface area (Å²) in [5.41, 5.74) is 0.0864. The van der Waals surface area contributed by atoms with E-state index in [2.05, 4.69) is 24.5 Å². The summed E-state index contributed by atoms with van der Waals surface area (Å²) in [6, 6.07) is 3.97. The van der Waals surface area contributed by atoms with Crippen LogP contribution >= 0.6 is 0 Å². The molecule has 1 aliphatic heterocycles. The number of alkyl halides is 2. The number of carboxylic acid groups (broad SMARTS) is 1. The Morgan fingerprint density at radius 1 is 1.25 bits per heavy atom. The zero-order valence-corrected chi connectivity index (χ0v) is 11.7. The number of carbonyl (C=O) groups is 2. The van der Waals surface area contributed by atoms with Crippen LogP contribution in [0.1, 0.15) is 15.9 Å². The highest BCUT2D eigenvalue weighted by Gasteiger charge is 2.43. The Morgan fingerprint density at radius 2 is 2.00 bits per heavy atom. The highest BCUT2D eigenvalue weighted by atomic mass is 19.3. The minimum absolute atomic E-state index is 0.116. The predicted octanol–water partition coefficient (Wildman–Crippen LogP) is 2.35. The number of nitrogens with one attached hydrogen (secondary N) is 1. The van der Waals surface area contributed by atoms with Crippen LogP contribution in [0.15, 0.2) is 35.0 Å². The lowest BCUT2D eigenvalue weighted by atomic mass is 10.2. The average Bonchev–Trinajstić information content (AvgIpc) is 3.06. The summed E-state index contributed by atoms with van der Waals surface area (Å²) in [7, 11) is 0. The molecule has 10 heteroatoms. The third-order valence-electron chi connectivity index (χ3n) is 2.89. The number of nitrogens with zero attached hydrogens (tertiary/aromatic N) is 1. The molecular weight excluding hydrogens is 330 g/mol. The number of carbonyl (C=O) groups excluding carboxylic acids is 1. The van der Waals surface area contributed by atoms with E-state index in [9.17, 15) is 18.4 Å². The highest BCUT2D eigenvalue weighted by molar-refractivity contribution is 6.04. The maximum Gasteiger partial charge on any atom is 0.586 e. The Bertz CT molecular complexity index is 846. The third-order valence-corrected chi connectivity index (χ3v) is 2.89. The topological polar surface area (TPSA) is 111 Å². The second-order valence-electron chi connectivity index (χ2n) is 4.57. The Kier molecular flexibility index (Phi) is 3.64. The van der Waals surface area contributed by atoms with E-state index in [1.54, 1.807) is 0 Å². The Labute approximate surface area is 132 Å². The molecule has 0 spiro atoms. The smallest absolute Gasteiger partial charge is 0.477 e. The number of hydrogen-bond donors (Lipinski definition) is 2. The quantitative estimate of drug-likeness (QED) is 0.823. The first-order chi connectivity index (χ1) is 11.3. The van der Waals surface area contributed by atoms with Gasteiger partial charge in [0, 0.05) is 6.08 Å². The number of aromatic nitrogens is 1. The van der Waals surface area contributed by atoms with Crippen molar-refractivity contribution in [2.75, 3.05) is 5.32 Å². The van der Waals surface area contributed by atoms with Gasteiger partial charge in [-0.15, -0.1) is 8.78 Å². The van der Waals surface area contributed by atoms with Gasteiger partial charge in [0.25, 0.3) is 5.91 Å². The van der Waals surface area contributed by atoms with Gasteiger partial charge < -0.3 is 19.1 Å². The van der Waals surface area contributed by atoms with Gasteiger partial charge in [-0.1, -0.05) is 11.2 Å². The molecule has 0 bridgehead atoms. The lowest BCUT2D eigenvalue weighted by molar-refractivity contribution is -0.286. The summed E-state index contributed by atoms with van der Waals surface area (Å²) in [6.45, 7) is 0. The lowest BCUT2D eigenvalue weighted by Gasteiger charge is -2.04. The maximum absolute atomic E-state index is 12.9. The first-order valence-corrected chi connectivity index (χ1v) is 6.41. The molecule has 0 saturated heterocycles. The van der Waals surface area contributed by atoms with Crippen molar-refractivity contribution >= 4 is 23.8 Å². The molecule has 0 unspecified atom stereocenters. The van der Waals surface area contributed by atoms with Crippen LogP contribution in [0.2, 0.25) is 0 Å². The molecule has 1 aliphatic rings. The summed E-state index contributed by atoms with van der Waals surface area (Å²) in [6.07, 6.45) is -0.405. The zero-order valence-electron chi connectivity index (χ0n) is 11.7. The molecule has 2 N–H and O–H groups in total. The monoisotopic (exact) mass is 338 g/mol. The number of rotatable bonds is 4. The van der Waals surface area contributed by atoms with Gasteiger partial charge in [0.15, 0.2) is 11.5 Å². The van der Waals surface area contributed by atoms with Crippen LogP contribution in [0.4, 0.5) is 14.7 Å². The van der Waals surface area contributed by atoms with Gasteiger partial charge in [-0.2, -0.15) is 0 Å². The molecule has 124 valence electrons. The maximum atomic E-state index is 12.9. The van der Waals surface area contributed by atoms with Gasteiger partial charge in [0.2, 0.25) is 5.88 Å². The van der Waals surface area contributed by atoms with E-state index in [1.165, 1.54) is 24.3 Å². The Hall–Kier alpha value is -3.43. The molecule has 3 rings (SSSR count). The Morgan fingerprint density at radius 3 is 2.75 bits per heavy atom. The van der Waals surface area contributed by atoms with E-state index in [-0.39, 0.29) is 22.9 Å². The molecule has 1 aromatic heterocycles. The van der Waals surface area contributed by atoms with Crippen LogP contribution in [-0.4, -0.2) is 28.4 Å². The fourth-order valence-corrected chi connectivity index (χ4v) is 1.88. The lowest BCUT2D eigenvalue weighted by Crippen LogP contribution is -2.25. The minimum Gasteiger partial charge on any atom is -0.477 e. The van der Waals surface area contributed by atoms with Crippen molar-refractivity contribution in [1.29, 1.82) is 0 Å². The fraction of sp³-hybridized carbons (Fsp3) is 0.0714. The normalized spacial score (nSPS) is 14.8. The average molecular weight is 338 g/mol. The van der Waals surface area contributed by atoms with Crippen LogP contribution in [0.5, 0.6) is 11.5 Å². The van der Waals surface area contributed by atoms with Gasteiger partial charge in [0.05, 0.1) is 6.20 Å². The fourth-order valence-electron chi connectivity index (χ4n) is 1.88. The van der Waals surface area contributed by atoms with Gasteiger partial charge >= 0.3 is 12.3 Å². The van der Waals surface area contributed by atoms with Crippen molar-refractivity contribution < 1.29 is 37.5 Å². The summed E-state index contributed by atoms with van der Waals surface area (Å²) < 4.78 is 39.0. The molecule has 2 heterocycles. The molecule has 1 amide bonds. The molecule has 24 heavy (non-hydrogen) atoms. The number of carboxylic acids is 1. The number of benzene rings is 1. The van der Waals surface area contributed by atoms with E-state index in [0.717, 1.165) is 12.3 Å². The largest absolute Gasteiger partial charge is 0.586 e. The second-order valence-corrected chi connectivity index (χ2v) is 4.57. The summed E-state index contributed by atoms with van der Waals surface area (Å²) >= 11 is 0. The van der Waals surface area contributed by atoms with Gasteiger partial charge in [-0.3, -0.25) is 10.1 Å². The van der Waals surface area contributed by atoms with E-state index < -0.39 is 18.2 Å². The molecule has 0 radical (unpaired) electrons. The predicted molar refractivity (Wildman–Crippen MR) is 73.8 cm³/mol. The van der Waals surface area contributed by atoms with Crippen LogP contribution in [-0.2, 0) is 4.79 Å². The number of fused-ring (bicyclic) bond motifs is 1. The highest BCUT2D eigenvalue weighted by Crippen LogP contribution is 2.41. The minimum atomic E-state index is -3.72. The number of anilines is 1. The molecular formula is C14H8F2N2O6. The van der Waals surface area contributed by atoms with Crippen LogP contribution in [0, 0.1) is 0 Å². The molecule has 0 atom stereocenters.